The SMILES string of the molecule is CCOc1ccc(C(C)NC2CCC(CO)CC2)cc1[N+](=O)[O-]. The lowest BCUT2D eigenvalue weighted by Gasteiger charge is -2.30. The molecular weight excluding hydrogens is 296 g/mol. The van der Waals surface area contributed by atoms with Crippen molar-refractivity contribution in [3.05, 3.63) is 33.9 Å². The van der Waals surface area contributed by atoms with E-state index in [0.717, 1.165) is 31.2 Å². The number of aliphatic hydroxyl groups excluding tert-OH is 1. The first-order chi connectivity index (χ1) is 11.0. The normalized spacial score (nSPS) is 22.6. The quantitative estimate of drug-likeness (QED) is 0.595. The van der Waals surface area contributed by atoms with Crippen molar-refractivity contribution >= 4 is 5.69 Å². The Morgan fingerprint density at radius 1 is 1.39 bits per heavy atom. The van der Waals surface area contributed by atoms with Gasteiger partial charge in [-0.05, 0) is 57.1 Å². The molecule has 1 aliphatic carbocycles. The number of rotatable bonds is 7. The third-order valence-electron chi connectivity index (χ3n) is 4.57. The highest BCUT2D eigenvalue weighted by Gasteiger charge is 2.23. The first-order valence-electron chi connectivity index (χ1n) is 8.33. The molecule has 0 aliphatic heterocycles. The summed E-state index contributed by atoms with van der Waals surface area (Å²) in [5.41, 5.74) is 0.909. The van der Waals surface area contributed by atoms with Gasteiger partial charge in [-0.1, -0.05) is 6.07 Å². The van der Waals surface area contributed by atoms with Crippen LogP contribution in [0.15, 0.2) is 18.2 Å². The Kier molecular flexibility index (Phi) is 6.36. The van der Waals surface area contributed by atoms with Crippen molar-refractivity contribution in [2.24, 2.45) is 5.92 Å². The number of aliphatic hydroxyl groups is 1. The highest BCUT2D eigenvalue weighted by molar-refractivity contribution is 5.49. The number of hydrogen-bond donors (Lipinski definition) is 2. The number of nitro groups is 1. The fourth-order valence-corrected chi connectivity index (χ4v) is 3.19. The number of hydrogen-bond acceptors (Lipinski definition) is 5. The Balaban J connectivity index is 2.03. The minimum absolute atomic E-state index is 0.0157. The van der Waals surface area contributed by atoms with Crippen LogP contribution in [0.3, 0.4) is 0 Å². The molecule has 1 aromatic rings. The summed E-state index contributed by atoms with van der Waals surface area (Å²) in [6.07, 6.45) is 4.14. The lowest BCUT2D eigenvalue weighted by Crippen LogP contribution is -2.35. The fourth-order valence-electron chi connectivity index (χ4n) is 3.19. The molecule has 0 heterocycles. The molecule has 2 N–H and O–H groups in total. The van der Waals surface area contributed by atoms with Crippen LogP contribution >= 0.6 is 0 Å². The van der Waals surface area contributed by atoms with Crippen molar-refractivity contribution in [2.45, 2.75) is 51.6 Å². The number of nitro benzene ring substituents is 1. The Hall–Kier alpha value is -1.66. The molecule has 1 aromatic carbocycles. The van der Waals surface area contributed by atoms with Gasteiger partial charge in [-0.3, -0.25) is 10.1 Å². The van der Waals surface area contributed by atoms with E-state index in [9.17, 15) is 15.2 Å². The number of ether oxygens (including phenoxy) is 1. The number of benzene rings is 1. The second-order valence-electron chi connectivity index (χ2n) is 6.21. The van der Waals surface area contributed by atoms with Crippen molar-refractivity contribution in [1.29, 1.82) is 0 Å². The minimum atomic E-state index is -0.395. The molecule has 0 bridgehead atoms. The van der Waals surface area contributed by atoms with Crippen molar-refractivity contribution < 1.29 is 14.8 Å². The molecule has 128 valence electrons. The first-order valence-corrected chi connectivity index (χ1v) is 8.33. The molecule has 1 aliphatic rings. The third-order valence-corrected chi connectivity index (χ3v) is 4.57. The first kappa shape index (κ1) is 17.7. The van der Waals surface area contributed by atoms with Gasteiger partial charge in [0.05, 0.1) is 11.5 Å². The number of nitrogens with zero attached hydrogens (tertiary/aromatic N) is 1. The Bertz CT molecular complexity index is 527. The van der Waals surface area contributed by atoms with Crippen molar-refractivity contribution in [1.82, 2.24) is 5.32 Å². The van der Waals surface area contributed by atoms with Crippen LogP contribution in [0.4, 0.5) is 5.69 Å². The van der Waals surface area contributed by atoms with Gasteiger partial charge in [0.1, 0.15) is 0 Å². The van der Waals surface area contributed by atoms with Crippen LogP contribution in [0.1, 0.15) is 51.1 Å². The predicted molar refractivity (Wildman–Crippen MR) is 88.6 cm³/mol. The van der Waals surface area contributed by atoms with Crippen LogP contribution in [0.25, 0.3) is 0 Å². The summed E-state index contributed by atoms with van der Waals surface area (Å²) >= 11 is 0. The summed E-state index contributed by atoms with van der Waals surface area (Å²) in [7, 11) is 0. The van der Waals surface area contributed by atoms with Gasteiger partial charge < -0.3 is 15.2 Å². The van der Waals surface area contributed by atoms with Crippen molar-refractivity contribution in [3.8, 4) is 5.75 Å². The zero-order valence-corrected chi connectivity index (χ0v) is 13.8. The Labute approximate surface area is 137 Å². The average Bonchev–Trinajstić information content (AvgIpc) is 2.56. The van der Waals surface area contributed by atoms with Crippen LogP contribution in [0.2, 0.25) is 0 Å². The molecule has 0 spiro atoms. The van der Waals surface area contributed by atoms with Crippen LogP contribution in [-0.4, -0.2) is 29.3 Å². The van der Waals surface area contributed by atoms with Gasteiger partial charge in [0.2, 0.25) is 0 Å². The molecule has 0 aromatic heterocycles. The zero-order valence-electron chi connectivity index (χ0n) is 13.8. The largest absolute Gasteiger partial charge is 0.487 e. The van der Waals surface area contributed by atoms with E-state index in [4.69, 9.17) is 4.74 Å². The summed E-state index contributed by atoms with van der Waals surface area (Å²) in [5.74, 6) is 0.742. The molecular formula is C17H26N2O4. The highest BCUT2D eigenvalue weighted by Crippen LogP contribution is 2.31. The van der Waals surface area contributed by atoms with E-state index < -0.39 is 4.92 Å². The minimum Gasteiger partial charge on any atom is -0.487 e. The molecule has 6 nitrogen and oxygen atoms in total. The predicted octanol–water partition coefficient (Wildman–Crippen LogP) is 3.20. The Morgan fingerprint density at radius 2 is 2.09 bits per heavy atom. The highest BCUT2D eigenvalue weighted by atomic mass is 16.6. The van der Waals surface area contributed by atoms with Crippen molar-refractivity contribution in [2.75, 3.05) is 13.2 Å². The molecule has 23 heavy (non-hydrogen) atoms. The summed E-state index contributed by atoms with van der Waals surface area (Å²) in [6, 6.07) is 5.60. The van der Waals surface area contributed by atoms with E-state index in [1.807, 2.05) is 19.9 Å². The lowest BCUT2D eigenvalue weighted by atomic mass is 9.86. The van der Waals surface area contributed by atoms with E-state index in [1.54, 1.807) is 12.1 Å². The van der Waals surface area contributed by atoms with E-state index in [1.165, 1.54) is 0 Å². The van der Waals surface area contributed by atoms with Crippen LogP contribution in [-0.2, 0) is 0 Å². The van der Waals surface area contributed by atoms with Gasteiger partial charge in [0.25, 0.3) is 0 Å². The van der Waals surface area contributed by atoms with Gasteiger partial charge in [-0.15, -0.1) is 0 Å². The van der Waals surface area contributed by atoms with Crippen LogP contribution in [0.5, 0.6) is 5.75 Å². The van der Waals surface area contributed by atoms with Gasteiger partial charge in [0.15, 0.2) is 5.75 Å². The van der Waals surface area contributed by atoms with Gasteiger partial charge in [-0.25, -0.2) is 0 Å². The summed E-state index contributed by atoms with van der Waals surface area (Å²) in [5, 5.41) is 24.0. The Morgan fingerprint density at radius 3 is 2.65 bits per heavy atom. The molecule has 1 atom stereocenters. The van der Waals surface area contributed by atoms with Crippen LogP contribution < -0.4 is 10.1 Å². The topological polar surface area (TPSA) is 84.6 Å². The van der Waals surface area contributed by atoms with E-state index >= 15 is 0 Å². The summed E-state index contributed by atoms with van der Waals surface area (Å²) in [4.78, 5) is 10.8. The molecule has 2 rings (SSSR count). The lowest BCUT2D eigenvalue weighted by molar-refractivity contribution is -0.385. The van der Waals surface area contributed by atoms with Crippen molar-refractivity contribution in [3.63, 3.8) is 0 Å². The molecule has 6 heteroatoms. The van der Waals surface area contributed by atoms with Gasteiger partial charge in [0, 0.05) is 24.8 Å². The van der Waals surface area contributed by atoms with Gasteiger partial charge >= 0.3 is 5.69 Å². The second-order valence-corrected chi connectivity index (χ2v) is 6.21. The van der Waals surface area contributed by atoms with E-state index in [-0.39, 0.29) is 18.3 Å². The average molecular weight is 322 g/mol. The monoisotopic (exact) mass is 322 g/mol. The molecule has 1 unspecified atom stereocenters. The molecule has 0 radical (unpaired) electrons. The maximum Gasteiger partial charge on any atom is 0.311 e. The maximum absolute atomic E-state index is 11.2. The van der Waals surface area contributed by atoms with Gasteiger partial charge in [-0.2, -0.15) is 0 Å². The fraction of sp³-hybridized carbons (Fsp3) is 0.647. The molecule has 1 saturated carbocycles. The summed E-state index contributed by atoms with van der Waals surface area (Å²) < 4.78 is 5.32. The maximum atomic E-state index is 11.2. The zero-order chi connectivity index (χ0) is 16.8. The smallest absolute Gasteiger partial charge is 0.311 e. The second kappa shape index (κ2) is 8.26. The molecule has 1 fully saturated rings. The molecule has 0 amide bonds. The summed E-state index contributed by atoms with van der Waals surface area (Å²) in [6.45, 7) is 4.51. The number of nitrogens with one attached hydrogen (secondary N) is 1. The third kappa shape index (κ3) is 4.65. The molecule has 0 saturated heterocycles. The van der Waals surface area contributed by atoms with Crippen LogP contribution in [0, 0.1) is 16.0 Å². The standard InChI is InChI=1S/C17H26N2O4/c1-3-23-17-9-6-14(10-16(17)19(21)22)12(2)18-15-7-4-13(11-20)5-8-15/h6,9-10,12-13,15,18,20H,3-5,7-8,11H2,1-2H3. The van der Waals surface area contributed by atoms with E-state index in [2.05, 4.69) is 5.32 Å². The van der Waals surface area contributed by atoms with E-state index in [0.29, 0.717) is 24.3 Å².